The summed E-state index contributed by atoms with van der Waals surface area (Å²) in [6.45, 7) is 5.52. The van der Waals surface area contributed by atoms with Gasteiger partial charge in [0.1, 0.15) is 5.75 Å². The molecule has 0 heterocycles. The third-order valence-corrected chi connectivity index (χ3v) is 2.75. The maximum atomic E-state index is 11.9. The van der Waals surface area contributed by atoms with Crippen molar-refractivity contribution in [2.75, 3.05) is 6.61 Å². The Morgan fingerprint density at radius 2 is 1.89 bits per heavy atom. The van der Waals surface area contributed by atoms with Crippen molar-refractivity contribution >= 4 is 5.91 Å². The molecular formula is C14H21NO3. The normalized spacial score (nSPS) is 14.1. The van der Waals surface area contributed by atoms with Gasteiger partial charge in [-0.3, -0.25) is 4.79 Å². The van der Waals surface area contributed by atoms with Crippen LogP contribution in [0.2, 0.25) is 0 Å². The first kappa shape index (κ1) is 14.5. The molecule has 1 rings (SSSR count). The van der Waals surface area contributed by atoms with Crippen LogP contribution in [0.3, 0.4) is 0 Å². The first-order valence-electron chi connectivity index (χ1n) is 6.17. The minimum atomic E-state index is -0.583. The van der Waals surface area contributed by atoms with Crippen LogP contribution in [0.15, 0.2) is 30.3 Å². The topological polar surface area (TPSA) is 58.6 Å². The molecule has 0 saturated carbocycles. The first-order valence-corrected chi connectivity index (χ1v) is 6.17. The van der Waals surface area contributed by atoms with Crippen molar-refractivity contribution in [2.24, 2.45) is 5.92 Å². The number of amides is 1. The molecule has 0 radical (unpaired) electrons. The molecule has 1 aromatic rings. The quantitative estimate of drug-likeness (QED) is 0.807. The molecule has 4 heteroatoms. The van der Waals surface area contributed by atoms with Crippen molar-refractivity contribution < 1.29 is 14.6 Å². The molecule has 0 fully saturated rings. The second-order valence-electron chi connectivity index (χ2n) is 4.61. The van der Waals surface area contributed by atoms with Crippen molar-refractivity contribution in [3.05, 3.63) is 30.3 Å². The average Bonchev–Trinajstić information content (AvgIpc) is 2.36. The summed E-state index contributed by atoms with van der Waals surface area (Å²) in [7, 11) is 0. The standard InChI is InChI=1S/C14H21NO3/c1-10(2)13(9-16)15-14(17)11(3)18-12-7-5-4-6-8-12/h4-8,10-11,13,16H,9H2,1-3H3,(H,15,17). The molecule has 2 unspecified atom stereocenters. The molecule has 0 aliphatic carbocycles. The fraction of sp³-hybridized carbons (Fsp3) is 0.500. The van der Waals surface area contributed by atoms with Crippen LogP contribution in [0.1, 0.15) is 20.8 Å². The van der Waals surface area contributed by atoms with Crippen molar-refractivity contribution in [2.45, 2.75) is 32.9 Å². The van der Waals surface area contributed by atoms with Gasteiger partial charge in [0, 0.05) is 0 Å². The number of benzene rings is 1. The fourth-order valence-electron chi connectivity index (χ4n) is 1.48. The minimum Gasteiger partial charge on any atom is -0.481 e. The SMILES string of the molecule is CC(Oc1ccccc1)C(=O)NC(CO)C(C)C. The predicted molar refractivity (Wildman–Crippen MR) is 70.4 cm³/mol. The van der Waals surface area contributed by atoms with Gasteiger partial charge >= 0.3 is 0 Å². The molecular weight excluding hydrogens is 230 g/mol. The monoisotopic (exact) mass is 251 g/mol. The van der Waals surface area contributed by atoms with E-state index in [1.807, 2.05) is 32.0 Å². The number of rotatable bonds is 6. The molecule has 0 bridgehead atoms. The van der Waals surface area contributed by atoms with E-state index in [1.54, 1.807) is 19.1 Å². The molecule has 18 heavy (non-hydrogen) atoms. The number of hydrogen-bond acceptors (Lipinski definition) is 3. The second-order valence-corrected chi connectivity index (χ2v) is 4.61. The lowest BCUT2D eigenvalue weighted by atomic mass is 10.1. The number of para-hydroxylation sites is 1. The smallest absolute Gasteiger partial charge is 0.261 e. The average molecular weight is 251 g/mol. The van der Waals surface area contributed by atoms with E-state index in [-0.39, 0.29) is 24.5 Å². The Kier molecular flexibility index (Phi) is 5.65. The highest BCUT2D eigenvalue weighted by Crippen LogP contribution is 2.11. The number of nitrogens with one attached hydrogen (secondary N) is 1. The maximum Gasteiger partial charge on any atom is 0.261 e. The second kappa shape index (κ2) is 7.01. The lowest BCUT2D eigenvalue weighted by Gasteiger charge is -2.22. The van der Waals surface area contributed by atoms with Crippen LogP contribution in [0.25, 0.3) is 0 Å². The molecule has 4 nitrogen and oxygen atoms in total. The summed E-state index contributed by atoms with van der Waals surface area (Å²) in [5, 5.41) is 11.9. The van der Waals surface area contributed by atoms with E-state index < -0.39 is 6.10 Å². The van der Waals surface area contributed by atoms with Gasteiger partial charge in [0.2, 0.25) is 0 Å². The number of carbonyl (C=O) groups excluding carboxylic acids is 1. The lowest BCUT2D eigenvalue weighted by Crippen LogP contribution is -2.46. The summed E-state index contributed by atoms with van der Waals surface area (Å²) in [6, 6.07) is 8.96. The van der Waals surface area contributed by atoms with Crippen LogP contribution in [0, 0.1) is 5.92 Å². The summed E-state index contributed by atoms with van der Waals surface area (Å²) in [4.78, 5) is 11.9. The molecule has 100 valence electrons. The zero-order valence-electron chi connectivity index (χ0n) is 11.1. The van der Waals surface area contributed by atoms with Gasteiger partial charge in [0.05, 0.1) is 12.6 Å². The van der Waals surface area contributed by atoms with Gasteiger partial charge < -0.3 is 15.2 Å². The zero-order valence-corrected chi connectivity index (χ0v) is 11.1. The Hall–Kier alpha value is -1.55. The van der Waals surface area contributed by atoms with Gasteiger partial charge in [0.25, 0.3) is 5.91 Å². The fourth-order valence-corrected chi connectivity index (χ4v) is 1.48. The molecule has 0 aromatic heterocycles. The zero-order chi connectivity index (χ0) is 13.5. The Bertz CT molecular complexity index is 365. The highest BCUT2D eigenvalue weighted by Gasteiger charge is 2.20. The van der Waals surface area contributed by atoms with Crippen LogP contribution < -0.4 is 10.1 Å². The van der Waals surface area contributed by atoms with Gasteiger partial charge in [0.15, 0.2) is 6.10 Å². The van der Waals surface area contributed by atoms with Gasteiger partial charge in [-0.25, -0.2) is 0 Å². The minimum absolute atomic E-state index is 0.0680. The number of hydrogen-bond donors (Lipinski definition) is 2. The summed E-state index contributed by atoms with van der Waals surface area (Å²) < 4.78 is 5.51. The van der Waals surface area contributed by atoms with Crippen molar-refractivity contribution in [1.82, 2.24) is 5.32 Å². The highest BCUT2D eigenvalue weighted by molar-refractivity contribution is 5.81. The Labute approximate surface area is 108 Å². The largest absolute Gasteiger partial charge is 0.481 e. The van der Waals surface area contributed by atoms with Crippen LogP contribution >= 0.6 is 0 Å². The van der Waals surface area contributed by atoms with Crippen molar-refractivity contribution in [3.63, 3.8) is 0 Å². The first-order chi connectivity index (χ1) is 8.54. The molecule has 1 amide bonds. The highest BCUT2D eigenvalue weighted by atomic mass is 16.5. The third-order valence-electron chi connectivity index (χ3n) is 2.75. The van der Waals surface area contributed by atoms with Gasteiger partial charge in [-0.05, 0) is 25.0 Å². The van der Waals surface area contributed by atoms with E-state index >= 15 is 0 Å². The predicted octanol–water partition coefficient (Wildman–Crippen LogP) is 1.59. The van der Waals surface area contributed by atoms with E-state index in [0.29, 0.717) is 5.75 Å². The summed E-state index contributed by atoms with van der Waals surface area (Å²) in [6.07, 6.45) is -0.583. The molecule has 0 aliphatic heterocycles. The number of aliphatic hydroxyl groups excluding tert-OH is 1. The molecule has 0 aliphatic rings. The molecule has 2 atom stereocenters. The van der Waals surface area contributed by atoms with Crippen molar-refractivity contribution in [3.8, 4) is 5.75 Å². The van der Waals surface area contributed by atoms with Gasteiger partial charge in [-0.15, -0.1) is 0 Å². The molecule has 0 saturated heterocycles. The molecule has 0 spiro atoms. The molecule has 1 aromatic carbocycles. The van der Waals surface area contributed by atoms with E-state index in [9.17, 15) is 4.79 Å². The van der Waals surface area contributed by atoms with E-state index in [1.165, 1.54) is 0 Å². The summed E-state index contributed by atoms with van der Waals surface area (Å²) in [5.74, 6) is 0.625. The molecule has 2 N–H and O–H groups in total. The Morgan fingerprint density at radius 1 is 1.28 bits per heavy atom. The lowest BCUT2D eigenvalue weighted by molar-refractivity contribution is -0.128. The van der Waals surface area contributed by atoms with E-state index in [4.69, 9.17) is 9.84 Å². The van der Waals surface area contributed by atoms with Crippen LogP contribution in [0.5, 0.6) is 5.75 Å². The summed E-state index contributed by atoms with van der Waals surface area (Å²) >= 11 is 0. The van der Waals surface area contributed by atoms with Crippen LogP contribution in [0.4, 0.5) is 0 Å². The number of aliphatic hydroxyl groups is 1. The third kappa shape index (κ3) is 4.37. The van der Waals surface area contributed by atoms with Gasteiger partial charge in [-0.1, -0.05) is 32.0 Å². The van der Waals surface area contributed by atoms with Crippen LogP contribution in [-0.4, -0.2) is 29.8 Å². The Morgan fingerprint density at radius 3 is 2.39 bits per heavy atom. The number of ether oxygens (including phenoxy) is 1. The van der Waals surface area contributed by atoms with E-state index in [0.717, 1.165) is 0 Å². The maximum absolute atomic E-state index is 11.9. The number of carbonyl (C=O) groups is 1. The van der Waals surface area contributed by atoms with E-state index in [2.05, 4.69) is 5.32 Å². The Balaban J connectivity index is 2.51. The van der Waals surface area contributed by atoms with Crippen LogP contribution in [-0.2, 0) is 4.79 Å². The van der Waals surface area contributed by atoms with Gasteiger partial charge in [-0.2, -0.15) is 0 Å². The summed E-state index contributed by atoms with van der Waals surface area (Å²) in [5.41, 5.74) is 0. The van der Waals surface area contributed by atoms with Crippen molar-refractivity contribution in [1.29, 1.82) is 0 Å².